The lowest BCUT2D eigenvalue weighted by molar-refractivity contribution is -0.145. The van der Waals surface area contributed by atoms with Crippen LogP contribution in [0.1, 0.15) is 63.2 Å². The summed E-state index contributed by atoms with van der Waals surface area (Å²) in [4.78, 5) is 14.3. The summed E-state index contributed by atoms with van der Waals surface area (Å²) in [5, 5.41) is 0. The summed E-state index contributed by atoms with van der Waals surface area (Å²) in [6.45, 7) is 8.22. The number of halogens is 2. The second kappa shape index (κ2) is 13.5. The van der Waals surface area contributed by atoms with Crippen molar-refractivity contribution in [1.29, 1.82) is 0 Å². The highest BCUT2D eigenvalue weighted by Crippen LogP contribution is 2.28. The van der Waals surface area contributed by atoms with Crippen LogP contribution in [0.15, 0.2) is 48.5 Å². The smallest absolute Gasteiger partial charge is 0.306 e. The first-order valence-corrected chi connectivity index (χ1v) is 12.5. The normalized spacial score (nSPS) is 18.9. The van der Waals surface area contributed by atoms with Crippen molar-refractivity contribution in [2.24, 2.45) is 11.8 Å². The van der Waals surface area contributed by atoms with Crippen molar-refractivity contribution < 1.29 is 23.0 Å². The molecule has 34 heavy (non-hydrogen) atoms. The molecule has 0 radical (unpaired) electrons. The maximum absolute atomic E-state index is 13.4. The number of carbonyl (C=O) groups excluding carboxylic acids is 1. The summed E-state index contributed by atoms with van der Waals surface area (Å²) in [6.07, 6.45) is 4.30. The fraction of sp³-hybridized carbons (Fsp3) is 0.536. The Hall–Kier alpha value is -2.31. The van der Waals surface area contributed by atoms with Gasteiger partial charge in [-0.1, -0.05) is 31.2 Å². The SMILES string of the molecule is CCOC(=O)C[C@H]1CCN(CCCCCOC(c2ccc(F)cc2)c2ccc(F)cc2)C[C@H]1C. The molecule has 2 aromatic rings. The number of nitrogens with zero attached hydrogens (tertiary/aromatic N) is 1. The summed E-state index contributed by atoms with van der Waals surface area (Å²) >= 11 is 0. The topological polar surface area (TPSA) is 38.8 Å². The number of rotatable bonds is 12. The van der Waals surface area contributed by atoms with Crippen LogP contribution in [-0.4, -0.2) is 43.7 Å². The summed E-state index contributed by atoms with van der Waals surface area (Å²) in [5.41, 5.74) is 1.71. The van der Waals surface area contributed by atoms with Gasteiger partial charge in [-0.15, -0.1) is 0 Å². The van der Waals surface area contributed by atoms with E-state index in [2.05, 4.69) is 11.8 Å². The number of hydrogen-bond acceptors (Lipinski definition) is 4. The molecular formula is C28H37F2NO3. The summed E-state index contributed by atoms with van der Waals surface area (Å²) in [6, 6.07) is 12.6. The van der Waals surface area contributed by atoms with Crippen LogP contribution in [0.2, 0.25) is 0 Å². The lowest BCUT2D eigenvalue weighted by Crippen LogP contribution is -2.40. The summed E-state index contributed by atoms with van der Waals surface area (Å²) in [5.74, 6) is 0.251. The molecule has 3 rings (SSSR count). The molecule has 0 amide bonds. The van der Waals surface area contributed by atoms with Crippen molar-refractivity contribution in [2.45, 2.75) is 52.1 Å². The van der Waals surface area contributed by atoms with E-state index < -0.39 is 0 Å². The monoisotopic (exact) mass is 473 g/mol. The van der Waals surface area contributed by atoms with E-state index in [1.54, 1.807) is 24.3 Å². The predicted octanol–water partition coefficient (Wildman–Crippen LogP) is 6.15. The average molecular weight is 474 g/mol. The number of benzene rings is 2. The first kappa shape index (κ1) is 26.3. The largest absolute Gasteiger partial charge is 0.466 e. The number of likely N-dealkylation sites (tertiary alicyclic amines) is 1. The maximum Gasteiger partial charge on any atom is 0.306 e. The van der Waals surface area contributed by atoms with Crippen LogP contribution < -0.4 is 0 Å². The van der Waals surface area contributed by atoms with Crippen LogP contribution >= 0.6 is 0 Å². The standard InChI is InChI=1S/C28H37F2NO3/c1-3-33-27(32)19-24-15-17-31(20-21(24)2)16-5-4-6-18-34-28(22-7-11-25(29)12-8-22)23-9-13-26(30)14-10-23/h7-14,21,24,28H,3-6,15-20H2,1-2H3/t21-,24-/m1/s1. The molecule has 0 aromatic heterocycles. The van der Waals surface area contributed by atoms with Crippen LogP contribution in [0.5, 0.6) is 0 Å². The van der Waals surface area contributed by atoms with Gasteiger partial charge >= 0.3 is 5.97 Å². The van der Waals surface area contributed by atoms with Gasteiger partial charge in [0.15, 0.2) is 0 Å². The van der Waals surface area contributed by atoms with Gasteiger partial charge in [-0.3, -0.25) is 4.79 Å². The zero-order valence-corrected chi connectivity index (χ0v) is 20.3. The molecule has 1 aliphatic heterocycles. The molecular weight excluding hydrogens is 436 g/mol. The molecule has 0 unspecified atom stereocenters. The number of hydrogen-bond donors (Lipinski definition) is 0. The Balaban J connectivity index is 1.39. The van der Waals surface area contributed by atoms with Crippen molar-refractivity contribution in [1.82, 2.24) is 4.90 Å². The molecule has 0 N–H and O–H groups in total. The summed E-state index contributed by atoms with van der Waals surface area (Å²) < 4.78 is 38.0. The molecule has 1 heterocycles. The molecule has 0 spiro atoms. The molecule has 0 aliphatic carbocycles. The number of unbranched alkanes of at least 4 members (excludes halogenated alkanes) is 2. The molecule has 1 aliphatic rings. The quantitative estimate of drug-likeness (QED) is 0.274. The van der Waals surface area contributed by atoms with E-state index >= 15 is 0 Å². The molecule has 0 bridgehead atoms. The third-order valence-corrected chi connectivity index (χ3v) is 6.65. The Bertz CT molecular complexity index is 827. The Labute approximate surface area is 202 Å². The predicted molar refractivity (Wildman–Crippen MR) is 129 cm³/mol. The van der Waals surface area contributed by atoms with Gasteiger partial charge in [0.2, 0.25) is 0 Å². The van der Waals surface area contributed by atoms with E-state index in [0.29, 0.717) is 31.5 Å². The van der Waals surface area contributed by atoms with Gasteiger partial charge in [0.1, 0.15) is 17.7 Å². The Morgan fingerprint density at radius 3 is 2.18 bits per heavy atom. The molecule has 2 atom stereocenters. The molecule has 2 aromatic carbocycles. The van der Waals surface area contributed by atoms with Gasteiger partial charge < -0.3 is 14.4 Å². The Morgan fingerprint density at radius 2 is 1.62 bits per heavy atom. The van der Waals surface area contributed by atoms with E-state index in [9.17, 15) is 13.6 Å². The van der Waals surface area contributed by atoms with Gasteiger partial charge in [0.05, 0.1) is 6.61 Å². The highest BCUT2D eigenvalue weighted by atomic mass is 19.1. The third kappa shape index (κ3) is 8.17. The van der Waals surface area contributed by atoms with Crippen LogP contribution in [0.3, 0.4) is 0 Å². The minimum atomic E-state index is -0.347. The maximum atomic E-state index is 13.4. The van der Waals surface area contributed by atoms with Crippen molar-refractivity contribution in [3.8, 4) is 0 Å². The van der Waals surface area contributed by atoms with E-state index in [1.807, 2.05) is 6.92 Å². The third-order valence-electron chi connectivity index (χ3n) is 6.65. The zero-order chi connectivity index (χ0) is 24.3. The first-order valence-electron chi connectivity index (χ1n) is 12.5. The minimum absolute atomic E-state index is 0.0765. The lowest BCUT2D eigenvalue weighted by atomic mass is 9.84. The van der Waals surface area contributed by atoms with Crippen molar-refractivity contribution in [3.63, 3.8) is 0 Å². The van der Waals surface area contributed by atoms with E-state index in [0.717, 1.165) is 56.4 Å². The van der Waals surface area contributed by atoms with Crippen LogP contribution in [0.4, 0.5) is 8.78 Å². The lowest BCUT2D eigenvalue weighted by Gasteiger charge is -2.36. The van der Waals surface area contributed by atoms with Crippen LogP contribution in [-0.2, 0) is 14.3 Å². The second-order valence-electron chi connectivity index (χ2n) is 9.25. The molecule has 6 heteroatoms. The summed E-state index contributed by atoms with van der Waals surface area (Å²) in [7, 11) is 0. The van der Waals surface area contributed by atoms with Crippen molar-refractivity contribution in [3.05, 3.63) is 71.3 Å². The molecule has 1 saturated heterocycles. The van der Waals surface area contributed by atoms with E-state index in [-0.39, 0.29) is 23.7 Å². The Morgan fingerprint density at radius 1 is 1.00 bits per heavy atom. The fourth-order valence-electron chi connectivity index (χ4n) is 4.70. The number of ether oxygens (including phenoxy) is 2. The van der Waals surface area contributed by atoms with E-state index in [4.69, 9.17) is 9.47 Å². The number of carbonyl (C=O) groups is 1. The molecule has 186 valence electrons. The van der Waals surface area contributed by atoms with E-state index in [1.165, 1.54) is 24.3 Å². The van der Waals surface area contributed by atoms with Gasteiger partial charge in [0, 0.05) is 19.6 Å². The Kier molecular flexibility index (Phi) is 10.5. The van der Waals surface area contributed by atoms with Gasteiger partial charge in [0.25, 0.3) is 0 Å². The molecule has 1 fully saturated rings. The molecule has 4 nitrogen and oxygen atoms in total. The highest BCUT2D eigenvalue weighted by Gasteiger charge is 2.27. The zero-order valence-electron chi connectivity index (χ0n) is 20.3. The van der Waals surface area contributed by atoms with Crippen LogP contribution in [0.25, 0.3) is 0 Å². The number of esters is 1. The van der Waals surface area contributed by atoms with Crippen LogP contribution in [0, 0.1) is 23.5 Å². The molecule has 0 saturated carbocycles. The average Bonchev–Trinajstić information content (AvgIpc) is 2.82. The minimum Gasteiger partial charge on any atom is -0.466 e. The highest BCUT2D eigenvalue weighted by molar-refractivity contribution is 5.69. The fourth-order valence-corrected chi connectivity index (χ4v) is 4.70. The van der Waals surface area contributed by atoms with Gasteiger partial charge in [-0.25, -0.2) is 8.78 Å². The first-order chi connectivity index (χ1) is 16.5. The van der Waals surface area contributed by atoms with Crippen molar-refractivity contribution >= 4 is 5.97 Å². The van der Waals surface area contributed by atoms with Gasteiger partial charge in [-0.05, 0) is 92.9 Å². The van der Waals surface area contributed by atoms with Crippen molar-refractivity contribution in [2.75, 3.05) is 32.8 Å². The second-order valence-corrected chi connectivity index (χ2v) is 9.25. The van der Waals surface area contributed by atoms with Gasteiger partial charge in [-0.2, -0.15) is 0 Å². The number of piperidine rings is 1.